The van der Waals surface area contributed by atoms with Gasteiger partial charge in [0.05, 0.1) is 27.9 Å². The van der Waals surface area contributed by atoms with Crippen LogP contribution in [0.5, 0.6) is 5.88 Å². The summed E-state index contributed by atoms with van der Waals surface area (Å²) >= 11 is 6.10. The normalized spacial score (nSPS) is 10.6. The van der Waals surface area contributed by atoms with Gasteiger partial charge in [-0.25, -0.2) is 9.67 Å². The van der Waals surface area contributed by atoms with E-state index in [1.54, 1.807) is 6.92 Å². The maximum Gasteiger partial charge on any atom is 0.388 e. The van der Waals surface area contributed by atoms with Crippen LogP contribution in [0.3, 0.4) is 0 Å². The maximum absolute atomic E-state index is 13.0. The van der Waals surface area contributed by atoms with Crippen molar-refractivity contribution >= 4 is 29.1 Å². The zero-order valence-corrected chi connectivity index (χ0v) is 16.5. The Hall–Kier alpha value is -4.04. The van der Waals surface area contributed by atoms with E-state index < -0.39 is 24.3 Å². The van der Waals surface area contributed by atoms with Crippen molar-refractivity contribution in [3.63, 3.8) is 0 Å². The molecule has 0 fully saturated rings. The second-order valence-corrected chi connectivity index (χ2v) is 6.52. The highest BCUT2D eigenvalue weighted by Gasteiger charge is 2.23. The number of primary amides is 1. The van der Waals surface area contributed by atoms with E-state index in [0.29, 0.717) is 5.56 Å². The summed E-state index contributed by atoms with van der Waals surface area (Å²) in [6, 6.07) is 8.53. The van der Waals surface area contributed by atoms with Gasteiger partial charge < -0.3 is 15.8 Å². The Kier molecular flexibility index (Phi) is 6.12. The maximum atomic E-state index is 13.0. The van der Waals surface area contributed by atoms with Gasteiger partial charge in [-0.3, -0.25) is 9.59 Å². The summed E-state index contributed by atoms with van der Waals surface area (Å²) in [5, 5.41) is 15.5. The molecule has 0 spiro atoms. The second kappa shape index (κ2) is 8.76. The van der Waals surface area contributed by atoms with Gasteiger partial charge >= 0.3 is 6.61 Å². The van der Waals surface area contributed by atoms with Crippen molar-refractivity contribution in [3.05, 3.63) is 63.9 Å². The zero-order chi connectivity index (χ0) is 22.7. The Bertz CT molecular complexity index is 1220. The van der Waals surface area contributed by atoms with Crippen molar-refractivity contribution in [2.24, 2.45) is 5.73 Å². The third-order valence-electron chi connectivity index (χ3n) is 4.04. The topological polar surface area (TPSA) is 136 Å². The van der Waals surface area contributed by atoms with Crippen LogP contribution in [0.25, 0.3) is 5.82 Å². The summed E-state index contributed by atoms with van der Waals surface area (Å²) in [7, 11) is 0. The molecule has 0 atom stereocenters. The van der Waals surface area contributed by atoms with Gasteiger partial charge in [-0.05, 0) is 36.8 Å². The average Bonchev–Trinajstić information content (AvgIpc) is 3.12. The number of nitrogens with two attached hydrogens (primary N) is 1. The summed E-state index contributed by atoms with van der Waals surface area (Å²) in [6.45, 7) is -1.62. The summed E-state index contributed by atoms with van der Waals surface area (Å²) in [5.41, 5.74) is 5.62. The lowest BCUT2D eigenvalue weighted by atomic mass is 10.0. The number of aryl methyl sites for hydroxylation is 1. The standard InChI is InChI=1S/C19H13ClF2N6O3/c1-9-5-10(8-23)6-11(16(24)29)15(9)26-18(30)13-7-14(31-19(21)22)27-28(13)17-12(20)3-2-4-25-17/h2-7,19H,1H3,(H2,24,29)(H,26,30). The highest BCUT2D eigenvalue weighted by Crippen LogP contribution is 2.26. The highest BCUT2D eigenvalue weighted by atomic mass is 35.5. The monoisotopic (exact) mass is 446 g/mol. The van der Waals surface area contributed by atoms with Crippen LogP contribution < -0.4 is 15.8 Å². The quantitative estimate of drug-likeness (QED) is 0.597. The summed E-state index contributed by atoms with van der Waals surface area (Å²) in [4.78, 5) is 28.8. The summed E-state index contributed by atoms with van der Waals surface area (Å²) in [5.74, 6) is -2.27. The number of nitriles is 1. The molecule has 2 aromatic heterocycles. The molecule has 158 valence electrons. The van der Waals surface area contributed by atoms with Crippen molar-refractivity contribution in [2.45, 2.75) is 13.5 Å². The second-order valence-electron chi connectivity index (χ2n) is 6.11. The summed E-state index contributed by atoms with van der Waals surface area (Å²) < 4.78 is 30.5. The molecule has 3 rings (SSSR count). The highest BCUT2D eigenvalue weighted by molar-refractivity contribution is 6.32. The fourth-order valence-corrected chi connectivity index (χ4v) is 2.96. The SMILES string of the molecule is Cc1cc(C#N)cc(C(N)=O)c1NC(=O)c1cc(OC(F)F)nn1-c1ncccc1Cl. The number of benzene rings is 1. The zero-order valence-electron chi connectivity index (χ0n) is 15.8. The molecular formula is C19H13ClF2N6O3. The van der Waals surface area contributed by atoms with E-state index >= 15 is 0 Å². The Labute approximate surface area is 179 Å². The lowest BCUT2D eigenvalue weighted by Gasteiger charge is -2.13. The molecule has 0 aliphatic rings. The van der Waals surface area contributed by atoms with Gasteiger partial charge in [-0.2, -0.15) is 14.0 Å². The lowest BCUT2D eigenvalue weighted by Crippen LogP contribution is -2.22. The molecule has 3 N–H and O–H groups in total. The molecule has 0 radical (unpaired) electrons. The van der Waals surface area contributed by atoms with Gasteiger partial charge in [0.15, 0.2) is 5.82 Å². The first-order valence-corrected chi connectivity index (χ1v) is 8.90. The third-order valence-corrected chi connectivity index (χ3v) is 4.33. The Balaban J connectivity index is 2.09. The minimum Gasteiger partial charge on any atom is -0.415 e. The van der Waals surface area contributed by atoms with Crippen molar-refractivity contribution in [1.82, 2.24) is 14.8 Å². The number of hydrogen-bond donors (Lipinski definition) is 2. The molecular weight excluding hydrogens is 434 g/mol. The van der Waals surface area contributed by atoms with Crippen LogP contribution in [-0.2, 0) is 0 Å². The number of hydrogen-bond acceptors (Lipinski definition) is 6. The Morgan fingerprint density at radius 2 is 2.10 bits per heavy atom. The van der Waals surface area contributed by atoms with Crippen LogP contribution in [0.1, 0.15) is 32.0 Å². The molecule has 31 heavy (non-hydrogen) atoms. The number of alkyl halides is 2. The van der Waals surface area contributed by atoms with Crippen LogP contribution >= 0.6 is 11.6 Å². The number of nitrogens with zero attached hydrogens (tertiary/aromatic N) is 4. The van der Waals surface area contributed by atoms with E-state index in [1.165, 1.54) is 30.5 Å². The molecule has 9 nitrogen and oxygen atoms in total. The van der Waals surface area contributed by atoms with E-state index in [0.717, 1.165) is 10.7 Å². The number of rotatable bonds is 6. The van der Waals surface area contributed by atoms with Crippen LogP contribution in [0, 0.1) is 18.3 Å². The fraction of sp³-hybridized carbons (Fsp3) is 0.105. The van der Waals surface area contributed by atoms with Crippen LogP contribution in [0.15, 0.2) is 36.5 Å². The van der Waals surface area contributed by atoms with Gasteiger partial charge in [0, 0.05) is 12.3 Å². The van der Waals surface area contributed by atoms with E-state index in [9.17, 15) is 18.4 Å². The molecule has 0 unspecified atom stereocenters. The molecule has 0 aliphatic heterocycles. The average molecular weight is 447 g/mol. The molecule has 0 saturated heterocycles. The van der Waals surface area contributed by atoms with Gasteiger partial charge in [0.1, 0.15) is 5.69 Å². The third kappa shape index (κ3) is 4.59. The van der Waals surface area contributed by atoms with Crippen molar-refractivity contribution in [3.8, 4) is 17.8 Å². The number of carbonyl (C=O) groups excluding carboxylic acids is 2. The van der Waals surface area contributed by atoms with Crippen LogP contribution in [0.2, 0.25) is 5.02 Å². The Morgan fingerprint density at radius 1 is 1.35 bits per heavy atom. The molecule has 12 heteroatoms. The summed E-state index contributed by atoms with van der Waals surface area (Å²) in [6.07, 6.45) is 1.37. The molecule has 1 aromatic carbocycles. The van der Waals surface area contributed by atoms with Crippen molar-refractivity contribution in [1.29, 1.82) is 5.26 Å². The van der Waals surface area contributed by atoms with Crippen molar-refractivity contribution < 1.29 is 23.1 Å². The predicted octanol–water partition coefficient (Wildman–Crippen LogP) is 3.05. The molecule has 0 saturated carbocycles. The fourth-order valence-electron chi connectivity index (χ4n) is 2.75. The number of ether oxygens (including phenoxy) is 1. The van der Waals surface area contributed by atoms with E-state index in [2.05, 4.69) is 20.1 Å². The first-order chi connectivity index (χ1) is 14.7. The first kappa shape index (κ1) is 21.7. The molecule has 3 aromatic rings. The molecule has 2 amide bonds. The largest absolute Gasteiger partial charge is 0.415 e. The van der Waals surface area contributed by atoms with Gasteiger partial charge in [0.25, 0.3) is 11.8 Å². The number of pyridine rings is 1. The van der Waals surface area contributed by atoms with Crippen LogP contribution in [-0.4, -0.2) is 33.2 Å². The van der Waals surface area contributed by atoms with E-state index in [-0.39, 0.29) is 33.3 Å². The lowest BCUT2D eigenvalue weighted by molar-refractivity contribution is -0.0530. The number of halogens is 3. The minimum absolute atomic E-state index is 0.00916. The van der Waals surface area contributed by atoms with Gasteiger partial charge in [0.2, 0.25) is 5.88 Å². The van der Waals surface area contributed by atoms with E-state index in [4.69, 9.17) is 22.6 Å². The molecule has 0 bridgehead atoms. The predicted molar refractivity (Wildman–Crippen MR) is 105 cm³/mol. The van der Waals surface area contributed by atoms with Crippen molar-refractivity contribution in [2.75, 3.05) is 5.32 Å². The van der Waals surface area contributed by atoms with E-state index in [1.807, 2.05) is 6.07 Å². The number of anilines is 1. The minimum atomic E-state index is -3.18. The Morgan fingerprint density at radius 3 is 2.71 bits per heavy atom. The molecule has 0 aliphatic carbocycles. The number of nitrogens with one attached hydrogen (secondary N) is 1. The van der Waals surface area contributed by atoms with Gasteiger partial charge in [-0.15, -0.1) is 5.10 Å². The number of carbonyl (C=O) groups is 2. The molecule has 2 heterocycles. The number of amides is 2. The van der Waals surface area contributed by atoms with Crippen LogP contribution in [0.4, 0.5) is 14.5 Å². The number of aromatic nitrogens is 3. The van der Waals surface area contributed by atoms with Gasteiger partial charge in [-0.1, -0.05) is 11.6 Å². The smallest absolute Gasteiger partial charge is 0.388 e. The first-order valence-electron chi connectivity index (χ1n) is 8.53.